The van der Waals surface area contributed by atoms with Gasteiger partial charge in [0.1, 0.15) is 5.75 Å². The predicted molar refractivity (Wildman–Crippen MR) is 95.2 cm³/mol. The largest absolute Gasteiger partial charge is 0.493 e. The van der Waals surface area contributed by atoms with Gasteiger partial charge in [-0.25, -0.2) is 0 Å². The van der Waals surface area contributed by atoms with Crippen LogP contribution in [-0.4, -0.2) is 12.4 Å². The van der Waals surface area contributed by atoms with Crippen molar-refractivity contribution in [1.82, 2.24) is 0 Å². The lowest BCUT2D eigenvalue weighted by Gasteiger charge is -2.23. The van der Waals surface area contributed by atoms with Crippen molar-refractivity contribution in [3.05, 3.63) is 59.2 Å². The first kappa shape index (κ1) is 17.1. The maximum atomic E-state index is 12.7. The Morgan fingerprint density at radius 3 is 2.22 bits per heavy atom. The van der Waals surface area contributed by atoms with Crippen LogP contribution in [0.5, 0.6) is 5.75 Å². The molecule has 0 spiro atoms. The Bertz CT molecular complexity index is 682. The summed E-state index contributed by atoms with van der Waals surface area (Å²) >= 11 is 0. The van der Waals surface area contributed by atoms with E-state index in [0.717, 1.165) is 17.7 Å². The van der Waals surface area contributed by atoms with E-state index < -0.39 is 0 Å². The summed E-state index contributed by atoms with van der Waals surface area (Å²) in [5.41, 5.74) is 8.60. The second kappa shape index (κ2) is 6.86. The Morgan fingerprint density at radius 2 is 1.65 bits per heavy atom. The molecule has 23 heavy (non-hydrogen) atoms. The number of anilines is 1. The Morgan fingerprint density at radius 1 is 1.04 bits per heavy atom. The van der Waals surface area contributed by atoms with Crippen molar-refractivity contribution in [2.24, 2.45) is 0 Å². The molecule has 3 heteroatoms. The van der Waals surface area contributed by atoms with Crippen LogP contribution >= 0.6 is 0 Å². The summed E-state index contributed by atoms with van der Waals surface area (Å²) in [6.45, 7) is 9.12. The zero-order valence-corrected chi connectivity index (χ0v) is 14.3. The van der Waals surface area contributed by atoms with Gasteiger partial charge < -0.3 is 10.5 Å². The van der Waals surface area contributed by atoms with Crippen LogP contribution in [0.4, 0.5) is 5.69 Å². The molecule has 0 aliphatic rings. The molecule has 2 N–H and O–H groups in total. The number of hydrogen-bond acceptors (Lipinski definition) is 3. The van der Waals surface area contributed by atoms with Crippen LogP contribution in [0.15, 0.2) is 42.5 Å². The molecule has 0 unspecified atom stereocenters. The fraction of sp³-hybridized carbons (Fsp3) is 0.350. The van der Waals surface area contributed by atoms with Gasteiger partial charge in [0.05, 0.1) is 6.61 Å². The van der Waals surface area contributed by atoms with Crippen LogP contribution in [0.2, 0.25) is 0 Å². The van der Waals surface area contributed by atoms with Gasteiger partial charge in [0.2, 0.25) is 0 Å². The van der Waals surface area contributed by atoms with E-state index in [-0.39, 0.29) is 11.2 Å². The molecule has 0 fully saturated rings. The lowest BCUT2D eigenvalue weighted by atomic mass is 9.84. The van der Waals surface area contributed by atoms with E-state index in [2.05, 4.69) is 27.7 Å². The first-order valence-corrected chi connectivity index (χ1v) is 8.00. The molecule has 0 aliphatic heterocycles. The number of hydrogen-bond donors (Lipinski definition) is 1. The molecule has 2 rings (SSSR count). The van der Waals surface area contributed by atoms with Crippen LogP contribution in [0.1, 0.15) is 55.6 Å². The van der Waals surface area contributed by atoms with Crippen LogP contribution < -0.4 is 10.5 Å². The summed E-state index contributed by atoms with van der Waals surface area (Å²) in [7, 11) is 0. The molecule has 0 aliphatic carbocycles. The molecule has 0 amide bonds. The number of nitrogen functional groups attached to an aromatic ring is 1. The first-order chi connectivity index (χ1) is 10.8. The van der Waals surface area contributed by atoms with Crippen molar-refractivity contribution in [1.29, 1.82) is 0 Å². The third kappa shape index (κ3) is 4.13. The molecular weight excluding hydrogens is 286 g/mol. The summed E-state index contributed by atoms with van der Waals surface area (Å²) in [4.78, 5) is 12.7. The fourth-order valence-corrected chi connectivity index (χ4v) is 2.40. The number of carbonyl (C=O) groups excluding carboxylic acids is 1. The van der Waals surface area contributed by atoms with Crippen molar-refractivity contribution in [2.45, 2.75) is 39.5 Å². The van der Waals surface area contributed by atoms with E-state index in [0.29, 0.717) is 23.4 Å². The maximum Gasteiger partial charge on any atom is 0.193 e. The van der Waals surface area contributed by atoms with Crippen molar-refractivity contribution in [3.8, 4) is 5.75 Å². The zero-order valence-electron chi connectivity index (χ0n) is 14.3. The lowest BCUT2D eigenvalue weighted by molar-refractivity contribution is 0.103. The molecule has 0 bridgehead atoms. The molecule has 0 radical (unpaired) electrons. The number of nitrogens with two attached hydrogens (primary N) is 1. The van der Waals surface area contributed by atoms with E-state index in [1.165, 1.54) is 0 Å². The molecular formula is C20H25NO2. The van der Waals surface area contributed by atoms with Crippen molar-refractivity contribution in [2.75, 3.05) is 12.3 Å². The smallest absolute Gasteiger partial charge is 0.193 e. The Kier molecular flexibility index (Phi) is 5.09. The predicted octanol–water partition coefficient (Wildman–Crippen LogP) is 4.59. The molecule has 3 nitrogen and oxygen atoms in total. The van der Waals surface area contributed by atoms with E-state index in [9.17, 15) is 4.79 Å². The van der Waals surface area contributed by atoms with E-state index >= 15 is 0 Å². The number of benzene rings is 2. The first-order valence-electron chi connectivity index (χ1n) is 8.00. The van der Waals surface area contributed by atoms with Crippen LogP contribution in [0.3, 0.4) is 0 Å². The van der Waals surface area contributed by atoms with Gasteiger partial charge in [-0.05, 0) is 54.3 Å². The van der Waals surface area contributed by atoms with Crippen LogP contribution in [-0.2, 0) is 5.41 Å². The minimum atomic E-state index is -0.0967. The maximum absolute atomic E-state index is 12.7. The second-order valence-corrected chi connectivity index (χ2v) is 6.76. The normalized spacial score (nSPS) is 11.3. The number of ketones is 1. The van der Waals surface area contributed by atoms with E-state index in [1.807, 2.05) is 18.2 Å². The van der Waals surface area contributed by atoms with Crippen molar-refractivity contribution < 1.29 is 9.53 Å². The molecule has 122 valence electrons. The summed E-state index contributed by atoms with van der Waals surface area (Å²) in [5, 5.41) is 0. The third-order valence-corrected chi connectivity index (χ3v) is 3.68. The highest BCUT2D eigenvalue weighted by Gasteiger charge is 2.21. The van der Waals surface area contributed by atoms with Gasteiger partial charge in [-0.3, -0.25) is 4.79 Å². The van der Waals surface area contributed by atoms with Crippen molar-refractivity contribution in [3.63, 3.8) is 0 Å². The highest BCUT2D eigenvalue weighted by Crippen LogP contribution is 2.33. The summed E-state index contributed by atoms with van der Waals surface area (Å²) in [5.74, 6) is 0.853. The average molecular weight is 311 g/mol. The van der Waals surface area contributed by atoms with E-state index in [4.69, 9.17) is 10.5 Å². The van der Waals surface area contributed by atoms with Crippen molar-refractivity contribution >= 4 is 11.5 Å². The molecule has 2 aromatic carbocycles. The molecule has 0 saturated carbocycles. The highest BCUT2D eigenvalue weighted by molar-refractivity contribution is 6.09. The number of carbonyl (C=O) groups is 1. The zero-order chi connectivity index (χ0) is 17.0. The quantitative estimate of drug-likeness (QED) is 0.649. The minimum Gasteiger partial charge on any atom is -0.493 e. The SMILES string of the molecule is CCCOc1ccc(C(=O)c2ccc(N)cc2)cc1C(C)(C)C. The topological polar surface area (TPSA) is 52.3 Å². The molecule has 0 aromatic heterocycles. The summed E-state index contributed by atoms with van der Waals surface area (Å²) < 4.78 is 5.84. The van der Waals surface area contributed by atoms with Gasteiger partial charge in [-0.2, -0.15) is 0 Å². The molecule has 0 heterocycles. The summed E-state index contributed by atoms with van der Waals surface area (Å²) in [6.07, 6.45) is 0.954. The third-order valence-electron chi connectivity index (χ3n) is 3.68. The standard InChI is InChI=1S/C20H25NO2/c1-5-12-23-18-11-8-15(13-17(18)20(2,3)4)19(22)14-6-9-16(21)10-7-14/h6-11,13H,5,12,21H2,1-4H3. The molecule has 0 atom stereocenters. The lowest BCUT2D eigenvalue weighted by Crippen LogP contribution is -2.15. The highest BCUT2D eigenvalue weighted by atomic mass is 16.5. The van der Waals surface area contributed by atoms with Gasteiger partial charge in [-0.15, -0.1) is 0 Å². The number of ether oxygens (including phenoxy) is 1. The average Bonchev–Trinajstić information content (AvgIpc) is 2.52. The van der Waals surface area contributed by atoms with Crippen LogP contribution in [0.25, 0.3) is 0 Å². The van der Waals surface area contributed by atoms with Gasteiger partial charge in [0.25, 0.3) is 0 Å². The molecule has 2 aromatic rings. The van der Waals surface area contributed by atoms with Gasteiger partial charge >= 0.3 is 0 Å². The van der Waals surface area contributed by atoms with Gasteiger partial charge in [0, 0.05) is 22.4 Å². The summed E-state index contributed by atoms with van der Waals surface area (Å²) in [6, 6.07) is 12.7. The monoisotopic (exact) mass is 311 g/mol. The Balaban J connectivity index is 2.40. The van der Waals surface area contributed by atoms with Gasteiger partial charge in [-0.1, -0.05) is 27.7 Å². The number of rotatable bonds is 5. The Labute approximate surface area is 138 Å². The van der Waals surface area contributed by atoms with Crippen LogP contribution in [0, 0.1) is 0 Å². The Hall–Kier alpha value is -2.29. The minimum absolute atomic E-state index is 0.00228. The van der Waals surface area contributed by atoms with Gasteiger partial charge in [0.15, 0.2) is 5.78 Å². The molecule has 0 saturated heterocycles. The second-order valence-electron chi connectivity index (χ2n) is 6.76. The van der Waals surface area contributed by atoms with E-state index in [1.54, 1.807) is 24.3 Å². The fourth-order valence-electron chi connectivity index (χ4n) is 2.40.